The summed E-state index contributed by atoms with van der Waals surface area (Å²) in [5.41, 5.74) is 3.32. The normalized spacial score (nSPS) is 19.4. The molecule has 0 bridgehead atoms. The number of fused-ring (bicyclic) bond motifs is 3. The van der Waals surface area contributed by atoms with Crippen LogP contribution in [0, 0.1) is 0 Å². The van der Waals surface area contributed by atoms with Gasteiger partial charge in [0.25, 0.3) is 0 Å². The molecule has 0 aromatic heterocycles. The lowest BCUT2D eigenvalue weighted by molar-refractivity contribution is 0.202. The Morgan fingerprint density at radius 3 is 3.00 bits per heavy atom. The van der Waals surface area contributed by atoms with Crippen LogP contribution in [0.5, 0.6) is 5.75 Å². The van der Waals surface area contributed by atoms with Crippen LogP contribution in [0.3, 0.4) is 0 Å². The Hall–Kier alpha value is -1.75. The molecule has 2 amide bonds. The first-order chi connectivity index (χ1) is 9.22. The molecule has 1 saturated heterocycles. The summed E-state index contributed by atoms with van der Waals surface area (Å²) < 4.78 is 5.27. The fourth-order valence-corrected chi connectivity index (χ4v) is 2.81. The highest BCUT2D eigenvalue weighted by molar-refractivity contribution is 6.01. The van der Waals surface area contributed by atoms with Crippen molar-refractivity contribution >= 4 is 29.8 Å². The van der Waals surface area contributed by atoms with E-state index in [0.29, 0.717) is 12.5 Å². The first kappa shape index (κ1) is 14.7. The summed E-state index contributed by atoms with van der Waals surface area (Å²) in [5, 5.41) is 2.67. The fraction of sp³-hybridized carbons (Fsp3) is 0.429. The van der Waals surface area contributed by atoms with Gasteiger partial charge in [-0.25, -0.2) is 4.79 Å². The molecule has 0 saturated carbocycles. The van der Waals surface area contributed by atoms with Gasteiger partial charge in [0.1, 0.15) is 5.75 Å². The van der Waals surface area contributed by atoms with E-state index in [-0.39, 0.29) is 18.4 Å². The quantitative estimate of drug-likeness (QED) is 0.864. The van der Waals surface area contributed by atoms with E-state index in [4.69, 9.17) is 4.74 Å². The first-order valence-corrected chi connectivity index (χ1v) is 6.45. The van der Waals surface area contributed by atoms with Gasteiger partial charge in [0, 0.05) is 25.2 Å². The molecule has 2 aliphatic heterocycles. The number of urea groups is 1. The Morgan fingerprint density at radius 1 is 1.50 bits per heavy atom. The number of piperidine rings is 1. The SMILES string of the molecule is CNC(=O)N1CCC2C(=Nc3ccc(OC)cc32)C1.Cl. The first-order valence-electron chi connectivity index (χ1n) is 6.45. The maximum atomic E-state index is 11.7. The van der Waals surface area contributed by atoms with E-state index in [1.165, 1.54) is 5.56 Å². The van der Waals surface area contributed by atoms with E-state index < -0.39 is 0 Å². The van der Waals surface area contributed by atoms with Gasteiger partial charge in [-0.3, -0.25) is 4.99 Å². The molecule has 1 aromatic rings. The molecule has 0 radical (unpaired) electrons. The van der Waals surface area contributed by atoms with Gasteiger partial charge in [0.05, 0.1) is 19.3 Å². The molecule has 1 N–H and O–H groups in total. The van der Waals surface area contributed by atoms with Gasteiger partial charge in [0.2, 0.25) is 0 Å². The third-order valence-electron chi connectivity index (χ3n) is 3.82. The lowest BCUT2D eigenvalue weighted by Gasteiger charge is -2.30. The third-order valence-corrected chi connectivity index (χ3v) is 3.82. The van der Waals surface area contributed by atoms with E-state index in [0.717, 1.165) is 30.1 Å². The molecule has 0 aliphatic carbocycles. The van der Waals surface area contributed by atoms with E-state index in [1.807, 2.05) is 12.1 Å². The van der Waals surface area contributed by atoms with Crippen molar-refractivity contribution < 1.29 is 9.53 Å². The topological polar surface area (TPSA) is 53.9 Å². The van der Waals surface area contributed by atoms with Crippen molar-refractivity contribution in [1.29, 1.82) is 0 Å². The second-order valence-corrected chi connectivity index (χ2v) is 4.85. The van der Waals surface area contributed by atoms with Crippen LogP contribution in [-0.2, 0) is 0 Å². The second kappa shape index (κ2) is 5.71. The van der Waals surface area contributed by atoms with Gasteiger partial charge < -0.3 is 15.0 Å². The zero-order valence-electron chi connectivity index (χ0n) is 11.5. The highest BCUT2D eigenvalue weighted by Gasteiger charge is 2.34. The number of hydrogen-bond donors (Lipinski definition) is 1. The summed E-state index contributed by atoms with van der Waals surface area (Å²) in [7, 11) is 3.33. The fourth-order valence-electron chi connectivity index (χ4n) is 2.81. The van der Waals surface area contributed by atoms with Crippen LogP contribution in [-0.4, -0.2) is 43.9 Å². The zero-order valence-corrected chi connectivity index (χ0v) is 12.4. The largest absolute Gasteiger partial charge is 0.497 e. The predicted octanol–water partition coefficient (Wildman–Crippen LogP) is 2.33. The van der Waals surface area contributed by atoms with Crippen LogP contribution in [0.15, 0.2) is 23.2 Å². The summed E-state index contributed by atoms with van der Waals surface area (Å²) in [6, 6.07) is 5.95. The molecule has 2 aliphatic rings. The van der Waals surface area contributed by atoms with Crippen molar-refractivity contribution in [2.24, 2.45) is 4.99 Å². The van der Waals surface area contributed by atoms with Crippen molar-refractivity contribution in [1.82, 2.24) is 10.2 Å². The number of rotatable bonds is 1. The van der Waals surface area contributed by atoms with E-state index in [2.05, 4.69) is 16.4 Å². The number of methoxy groups -OCH3 is 1. The van der Waals surface area contributed by atoms with Crippen molar-refractivity contribution in [2.45, 2.75) is 12.3 Å². The molecular weight excluding hydrogens is 278 g/mol. The highest BCUT2D eigenvalue weighted by Crippen LogP contribution is 2.41. The molecule has 1 fully saturated rings. The lowest BCUT2D eigenvalue weighted by Crippen LogP contribution is -2.46. The number of ether oxygens (including phenoxy) is 1. The number of carbonyl (C=O) groups is 1. The molecular formula is C14H18ClN3O2. The number of nitrogens with zero attached hydrogens (tertiary/aromatic N) is 2. The summed E-state index contributed by atoms with van der Waals surface area (Å²) in [6.07, 6.45) is 0.923. The molecule has 1 aromatic carbocycles. The number of carbonyl (C=O) groups excluding carboxylic acids is 1. The highest BCUT2D eigenvalue weighted by atomic mass is 35.5. The monoisotopic (exact) mass is 295 g/mol. The van der Waals surface area contributed by atoms with Crippen LogP contribution in [0.25, 0.3) is 0 Å². The Kier molecular flexibility index (Phi) is 4.18. The molecule has 1 unspecified atom stereocenters. The van der Waals surface area contributed by atoms with Crippen molar-refractivity contribution in [3.63, 3.8) is 0 Å². The van der Waals surface area contributed by atoms with Crippen LogP contribution in [0.1, 0.15) is 17.9 Å². The third kappa shape index (κ3) is 2.33. The standard InChI is InChI=1S/C14H17N3O2.ClH/c1-15-14(18)17-6-5-10-11-7-9(19-2)3-4-12(11)16-13(10)8-17;/h3-4,7,10H,5-6,8H2,1-2H3,(H,15,18);1H. The summed E-state index contributed by atoms with van der Waals surface area (Å²) in [5.74, 6) is 1.20. The van der Waals surface area contributed by atoms with Crippen LogP contribution in [0.4, 0.5) is 10.5 Å². The van der Waals surface area contributed by atoms with Gasteiger partial charge >= 0.3 is 6.03 Å². The summed E-state index contributed by atoms with van der Waals surface area (Å²) >= 11 is 0. The Morgan fingerprint density at radius 2 is 2.30 bits per heavy atom. The Bertz CT molecular complexity index is 559. The minimum atomic E-state index is -0.0327. The number of nitrogens with one attached hydrogen (secondary N) is 1. The van der Waals surface area contributed by atoms with Crippen LogP contribution >= 0.6 is 12.4 Å². The van der Waals surface area contributed by atoms with Crippen molar-refractivity contribution in [3.05, 3.63) is 23.8 Å². The maximum Gasteiger partial charge on any atom is 0.317 e. The van der Waals surface area contributed by atoms with Crippen LogP contribution in [0.2, 0.25) is 0 Å². The maximum absolute atomic E-state index is 11.7. The number of halogens is 1. The average Bonchev–Trinajstić information content (AvgIpc) is 2.82. The molecule has 108 valence electrons. The van der Waals surface area contributed by atoms with Crippen molar-refractivity contribution in [3.8, 4) is 5.75 Å². The summed E-state index contributed by atoms with van der Waals surface area (Å²) in [4.78, 5) is 18.1. The van der Waals surface area contributed by atoms with Gasteiger partial charge in [-0.05, 0) is 30.2 Å². The number of likely N-dealkylation sites (tertiary alicyclic amines) is 1. The average molecular weight is 296 g/mol. The minimum Gasteiger partial charge on any atom is -0.497 e. The zero-order chi connectivity index (χ0) is 13.4. The Labute approximate surface area is 124 Å². The van der Waals surface area contributed by atoms with Crippen molar-refractivity contribution in [2.75, 3.05) is 27.2 Å². The van der Waals surface area contributed by atoms with Gasteiger partial charge in [-0.2, -0.15) is 0 Å². The molecule has 3 rings (SSSR count). The number of benzene rings is 1. The molecule has 0 spiro atoms. The number of hydrogen-bond acceptors (Lipinski definition) is 3. The Balaban J connectivity index is 0.00000147. The number of aliphatic imine (C=N–C) groups is 1. The number of amides is 2. The van der Waals surface area contributed by atoms with Crippen LogP contribution < -0.4 is 10.1 Å². The van der Waals surface area contributed by atoms with Gasteiger partial charge in [-0.15, -0.1) is 12.4 Å². The molecule has 1 atom stereocenters. The lowest BCUT2D eigenvalue weighted by atomic mass is 9.89. The van der Waals surface area contributed by atoms with Gasteiger partial charge in [-0.1, -0.05) is 0 Å². The molecule has 2 heterocycles. The molecule has 20 heavy (non-hydrogen) atoms. The second-order valence-electron chi connectivity index (χ2n) is 4.85. The smallest absolute Gasteiger partial charge is 0.317 e. The minimum absolute atomic E-state index is 0. The molecule has 6 heteroatoms. The predicted molar refractivity (Wildman–Crippen MR) is 80.7 cm³/mol. The molecule has 5 nitrogen and oxygen atoms in total. The van der Waals surface area contributed by atoms with E-state index in [9.17, 15) is 4.79 Å². The van der Waals surface area contributed by atoms with E-state index >= 15 is 0 Å². The summed E-state index contributed by atoms with van der Waals surface area (Å²) in [6.45, 7) is 1.38. The van der Waals surface area contributed by atoms with Gasteiger partial charge in [0.15, 0.2) is 0 Å². The van der Waals surface area contributed by atoms with E-state index in [1.54, 1.807) is 19.1 Å².